The van der Waals surface area contributed by atoms with Crippen LogP contribution in [0.2, 0.25) is 0 Å². The highest BCUT2D eigenvalue weighted by Gasteiger charge is 2.30. The van der Waals surface area contributed by atoms with Gasteiger partial charge >= 0.3 is 5.97 Å². The lowest BCUT2D eigenvalue weighted by atomic mass is 9.82. The number of nitrogens with zero attached hydrogens (tertiary/aromatic N) is 1. The lowest BCUT2D eigenvalue weighted by Gasteiger charge is -2.31. The maximum absolute atomic E-state index is 11.7. The zero-order valence-corrected chi connectivity index (χ0v) is 16.4. The Labute approximate surface area is 165 Å². The summed E-state index contributed by atoms with van der Waals surface area (Å²) in [5, 5.41) is 3.68. The van der Waals surface area contributed by atoms with E-state index in [0.717, 1.165) is 28.1 Å². The number of carbonyl (C=O) groups excluding carboxylic acids is 1. The number of anilines is 1. The Bertz CT molecular complexity index is 956. The molecule has 0 saturated heterocycles. The van der Waals surface area contributed by atoms with Crippen molar-refractivity contribution in [2.75, 3.05) is 12.4 Å². The number of fused-ring (bicyclic) bond motifs is 1. The van der Waals surface area contributed by atoms with Gasteiger partial charge in [-0.15, -0.1) is 0 Å². The quantitative estimate of drug-likeness (QED) is 0.581. The number of ether oxygens (including phenoxy) is 1. The summed E-state index contributed by atoms with van der Waals surface area (Å²) >= 11 is 0. The molecule has 4 rings (SSSR count). The van der Waals surface area contributed by atoms with Gasteiger partial charge in [0.15, 0.2) is 5.58 Å². The summed E-state index contributed by atoms with van der Waals surface area (Å²) in [6, 6.07) is 11.4. The molecule has 2 heterocycles. The minimum atomic E-state index is -0.324. The molecular weight excluding hydrogens is 352 g/mol. The number of methoxy groups -OCH3 is 1. The molecule has 1 aromatic carbocycles. The third-order valence-corrected chi connectivity index (χ3v) is 5.75. The van der Waals surface area contributed by atoms with Crippen molar-refractivity contribution in [1.29, 1.82) is 0 Å². The number of benzene rings is 1. The maximum Gasteiger partial charge on any atom is 0.337 e. The van der Waals surface area contributed by atoms with E-state index in [-0.39, 0.29) is 12.0 Å². The Morgan fingerprint density at radius 3 is 2.61 bits per heavy atom. The van der Waals surface area contributed by atoms with Crippen molar-refractivity contribution in [3.8, 4) is 0 Å². The van der Waals surface area contributed by atoms with Crippen molar-refractivity contribution >= 4 is 22.8 Å². The Balaban J connectivity index is 1.67. The molecule has 1 N–H and O–H groups in total. The van der Waals surface area contributed by atoms with Gasteiger partial charge in [0.1, 0.15) is 11.3 Å². The molecule has 1 fully saturated rings. The summed E-state index contributed by atoms with van der Waals surface area (Å²) < 4.78 is 11.1. The van der Waals surface area contributed by atoms with E-state index in [1.807, 2.05) is 30.5 Å². The first-order valence-corrected chi connectivity index (χ1v) is 9.96. The van der Waals surface area contributed by atoms with Gasteiger partial charge in [-0.1, -0.05) is 19.3 Å². The van der Waals surface area contributed by atoms with Crippen LogP contribution in [0.3, 0.4) is 0 Å². The Hall–Kier alpha value is -2.82. The molecule has 1 aliphatic rings. The topological polar surface area (TPSA) is 64.4 Å². The summed E-state index contributed by atoms with van der Waals surface area (Å²) in [7, 11) is 1.39. The molecule has 1 unspecified atom stereocenters. The molecule has 1 atom stereocenters. The van der Waals surface area contributed by atoms with Gasteiger partial charge in [0.05, 0.1) is 18.7 Å². The van der Waals surface area contributed by atoms with Crippen molar-refractivity contribution in [1.82, 2.24) is 4.98 Å². The lowest BCUT2D eigenvalue weighted by Crippen LogP contribution is -2.23. The van der Waals surface area contributed by atoms with E-state index >= 15 is 0 Å². The van der Waals surface area contributed by atoms with Crippen LogP contribution in [0, 0.1) is 12.8 Å². The first kappa shape index (κ1) is 18.5. The van der Waals surface area contributed by atoms with Crippen LogP contribution >= 0.6 is 0 Å². The van der Waals surface area contributed by atoms with Gasteiger partial charge in [-0.2, -0.15) is 0 Å². The molecular formula is C23H26N2O3. The number of esters is 1. The number of pyridine rings is 1. The molecule has 0 spiro atoms. The molecule has 5 heteroatoms. The summed E-state index contributed by atoms with van der Waals surface area (Å²) in [6.07, 6.45) is 7.98. The average molecular weight is 378 g/mol. The first-order chi connectivity index (χ1) is 13.7. The van der Waals surface area contributed by atoms with Crippen molar-refractivity contribution < 1.29 is 13.9 Å². The van der Waals surface area contributed by atoms with Crippen LogP contribution < -0.4 is 5.32 Å². The minimum absolute atomic E-state index is 0.0819. The molecule has 1 aliphatic carbocycles. The SMILES string of the molecule is COC(=O)c1ccc(NC(c2oc3cccnc3c2C)C2CCCCC2)cc1. The predicted octanol–water partition coefficient (Wildman–Crippen LogP) is 5.66. The van der Waals surface area contributed by atoms with Gasteiger partial charge in [-0.05, 0) is 62.1 Å². The summed E-state index contributed by atoms with van der Waals surface area (Å²) in [5.74, 6) is 1.15. The maximum atomic E-state index is 11.7. The second-order valence-electron chi connectivity index (χ2n) is 7.53. The highest BCUT2D eigenvalue weighted by molar-refractivity contribution is 5.89. The molecule has 1 saturated carbocycles. The second kappa shape index (κ2) is 8.05. The highest BCUT2D eigenvalue weighted by Crippen LogP contribution is 2.40. The summed E-state index contributed by atoms with van der Waals surface area (Å²) in [6.45, 7) is 2.09. The zero-order valence-electron chi connectivity index (χ0n) is 16.4. The normalized spacial score (nSPS) is 16.1. The second-order valence-corrected chi connectivity index (χ2v) is 7.53. The van der Waals surface area contributed by atoms with Crippen molar-refractivity contribution in [3.05, 3.63) is 59.5 Å². The first-order valence-electron chi connectivity index (χ1n) is 9.96. The van der Waals surface area contributed by atoms with Crippen LogP contribution in [0.4, 0.5) is 5.69 Å². The van der Waals surface area contributed by atoms with Crippen molar-refractivity contribution in [2.45, 2.75) is 45.1 Å². The van der Waals surface area contributed by atoms with E-state index in [4.69, 9.17) is 9.15 Å². The molecule has 146 valence electrons. The molecule has 0 radical (unpaired) electrons. The Morgan fingerprint density at radius 1 is 1.18 bits per heavy atom. The fourth-order valence-electron chi connectivity index (χ4n) is 4.23. The number of nitrogens with one attached hydrogen (secondary N) is 1. The third-order valence-electron chi connectivity index (χ3n) is 5.75. The lowest BCUT2D eigenvalue weighted by molar-refractivity contribution is 0.0601. The molecule has 0 amide bonds. The monoisotopic (exact) mass is 378 g/mol. The molecule has 0 bridgehead atoms. The average Bonchev–Trinajstić information content (AvgIpc) is 3.09. The Morgan fingerprint density at radius 2 is 1.93 bits per heavy atom. The number of aryl methyl sites for hydroxylation is 1. The fourth-order valence-corrected chi connectivity index (χ4v) is 4.23. The van der Waals surface area contributed by atoms with E-state index in [1.54, 1.807) is 12.1 Å². The van der Waals surface area contributed by atoms with Gasteiger partial charge in [0.25, 0.3) is 0 Å². The largest absolute Gasteiger partial charge is 0.465 e. The molecule has 2 aromatic heterocycles. The summed E-state index contributed by atoms with van der Waals surface area (Å²) in [4.78, 5) is 16.2. The number of aromatic nitrogens is 1. The van der Waals surface area contributed by atoms with E-state index in [1.165, 1.54) is 39.2 Å². The van der Waals surface area contributed by atoms with Crippen LogP contribution in [-0.2, 0) is 4.74 Å². The van der Waals surface area contributed by atoms with Gasteiger partial charge in [0.2, 0.25) is 0 Å². The van der Waals surface area contributed by atoms with E-state index in [0.29, 0.717) is 11.5 Å². The number of carbonyl (C=O) groups is 1. The standard InChI is InChI=1S/C23H26N2O3/c1-15-20-19(9-6-14-24-20)28-22(15)21(16-7-4-3-5-8-16)25-18-12-10-17(11-13-18)23(26)27-2/h6,9-14,16,21,25H,3-5,7-8H2,1-2H3. The van der Waals surface area contributed by atoms with E-state index < -0.39 is 0 Å². The predicted molar refractivity (Wildman–Crippen MR) is 109 cm³/mol. The fraction of sp³-hybridized carbons (Fsp3) is 0.391. The Kier molecular flexibility index (Phi) is 5.33. The van der Waals surface area contributed by atoms with Crippen molar-refractivity contribution in [3.63, 3.8) is 0 Å². The minimum Gasteiger partial charge on any atom is -0.465 e. The van der Waals surface area contributed by atoms with Gasteiger partial charge in [-0.3, -0.25) is 4.98 Å². The van der Waals surface area contributed by atoms with E-state index in [2.05, 4.69) is 17.2 Å². The highest BCUT2D eigenvalue weighted by atomic mass is 16.5. The van der Waals surface area contributed by atoms with Crippen LogP contribution in [0.15, 0.2) is 47.0 Å². The molecule has 28 heavy (non-hydrogen) atoms. The van der Waals surface area contributed by atoms with Crippen molar-refractivity contribution in [2.24, 2.45) is 5.92 Å². The van der Waals surface area contributed by atoms with Crippen LogP contribution in [0.5, 0.6) is 0 Å². The zero-order chi connectivity index (χ0) is 19.5. The van der Waals surface area contributed by atoms with Gasteiger partial charge < -0.3 is 14.5 Å². The number of rotatable bonds is 5. The third kappa shape index (κ3) is 3.61. The smallest absolute Gasteiger partial charge is 0.337 e. The number of hydrogen-bond donors (Lipinski definition) is 1. The van der Waals surface area contributed by atoms with Gasteiger partial charge in [0, 0.05) is 17.4 Å². The number of furan rings is 1. The molecule has 0 aliphatic heterocycles. The molecule has 3 aromatic rings. The number of hydrogen-bond acceptors (Lipinski definition) is 5. The summed E-state index contributed by atoms with van der Waals surface area (Å²) in [5.41, 5.74) is 4.38. The van der Waals surface area contributed by atoms with Gasteiger partial charge in [-0.25, -0.2) is 4.79 Å². The van der Waals surface area contributed by atoms with E-state index in [9.17, 15) is 4.79 Å². The van der Waals surface area contributed by atoms with Crippen LogP contribution in [0.1, 0.15) is 59.8 Å². The van der Waals surface area contributed by atoms with Crippen LogP contribution in [-0.4, -0.2) is 18.1 Å². The molecule has 5 nitrogen and oxygen atoms in total. The van der Waals surface area contributed by atoms with Crippen LogP contribution in [0.25, 0.3) is 11.1 Å².